The molecule has 8 heteroatoms. The molecule has 2 aliphatic rings. The summed E-state index contributed by atoms with van der Waals surface area (Å²) in [5, 5.41) is 0.349. The summed E-state index contributed by atoms with van der Waals surface area (Å²) in [5.41, 5.74) is 0.506. The minimum Gasteiger partial charge on any atom is -0.339 e. The smallest absolute Gasteiger partial charge is 0.251 e. The molecule has 29 heavy (non-hydrogen) atoms. The van der Waals surface area contributed by atoms with Crippen LogP contribution in [0.4, 0.5) is 8.78 Å². The lowest BCUT2D eigenvalue weighted by Crippen LogP contribution is -2.36. The molecule has 1 amide bonds. The Morgan fingerprint density at radius 3 is 3.00 bits per heavy atom. The lowest BCUT2D eigenvalue weighted by Gasteiger charge is -2.23. The molecule has 3 unspecified atom stereocenters. The first kappa shape index (κ1) is 20.1. The molecule has 0 bridgehead atoms. The number of benzene rings is 1. The zero-order chi connectivity index (χ0) is 20.5. The summed E-state index contributed by atoms with van der Waals surface area (Å²) in [6.07, 6.45) is 3.76. The van der Waals surface area contributed by atoms with Gasteiger partial charge in [-0.3, -0.25) is 9.59 Å². The number of hydrogen-bond acceptors (Lipinski definition) is 4. The van der Waals surface area contributed by atoms with Crippen molar-refractivity contribution in [2.75, 3.05) is 6.54 Å². The van der Waals surface area contributed by atoms with Crippen LogP contribution < -0.4 is 5.56 Å². The fourth-order valence-electron chi connectivity index (χ4n) is 4.08. The Kier molecular flexibility index (Phi) is 5.72. The molecule has 1 aliphatic carbocycles. The Hall–Kier alpha value is -2.22. The van der Waals surface area contributed by atoms with Gasteiger partial charge in [0.05, 0.1) is 5.69 Å². The van der Waals surface area contributed by atoms with Crippen molar-refractivity contribution in [1.82, 2.24) is 14.9 Å². The van der Waals surface area contributed by atoms with Gasteiger partial charge in [0.15, 0.2) is 16.8 Å². The van der Waals surface area contributed by atoms with Gasteiger partial charge >= 0.3 is 0 Å². The molecule has 2 aromatic rings. The highest BCUT2D eigenvalue weighted by Crippen LogP contribution is 2.48. The van der Waals surface area contributed by atoms with Crippen molar-refractivity contribution in [3.8, 4) is 0 Å². The van der Waals surface area contributed by atoms with E-state index in [1.807, 2.05) is 4.90 Å². The first-order valence-corrected chi connectivity index (χ1v) is 10.9. The van der Waals surface area contributed by atoms with Crippen LogP contribution in [0.1, 0.15) is 49.8 Å². The van der Waals surface area contributed by atoms with Gasteiger partial charge in [0.25, 0.3) is 5.56 Å². The predicted octanol–water partition coefficient (Wildman–Crippen LogP) is 3.84. The van der Waals surface area contributed by atoms with Gasteiger partial charge in [-0.1, -0.05) is 30.8 Å². The fraction of sp³-hybridized carbons (Fsp3) is 0.476. The summed E-state index contributed by atoms with van der Waals surface area (Å²) in [6, 6.07) is 5.78. The van der Waals surface area contributed by atoms with Crippen molar-refractivity contribution in [2.45, 2.75) is 55.5 Å². The molecule has 0 radical (unpaired) electrons. The number of rotatable bonds is 6. The van der Waals surface area contributed by atoms with E-state index in [4.69, 9.17) is 0 Å². The molecule has 4 rings (SSSR count). The number of aromatic amines is 1. The summed E-state index contributed by atoms with van der Waals surface area (Å²) in [7, 11) is 0. The summed E-state index contributed by atoms with van der Waals surface area (Å²) >= 11 is 1.14. The molecule has 1 saturated heterocycles. The van der Waals surface area contributed by atoms with Gasteiger partial charge in [0.1, 0.15) is 0 Å². The Morgan fingerprint density at radius 2 is 2.21 bits per heavy atom. The maximum Gasteiger partial charge on any atom is 0.251 e. The Bertz CT molecular complexity index is 981. The molecule has 1 N–H and O–H groups in total. The van der Waals surface area contributed by atoms with E-state index in [9.17, 15) is 18.4 Å². The van der Waals surface area contributed by atoms with Crippen LogP contribution in [0.2, 0.25) is 0 Å². The van der Waals surface area contributed by atoms with Crippen LogP contribution in [0.25, 0.3) is 0 Å². The number of halogens is 2. The quantitative estimate of drug-likeness (QED) is 0.571. The average Bonchev–Trinajstić information content (AvgIpc) is 3.37. The lowest BCUT2D eigenvalue weighted by atomic mass is 10.1. The third kappa shape index (κ3) is 4.22. The summed E-state index contributed by atoms with van der Waals surface area (Å²) in [5.74, 6) is -1.64. The molecule has 2 fully saturated rings. The predicted molar refractivity (Wildman–Crippen MR) is 107 cm³/mol. The number of carbonyl (C=O) groups excluding carboxylic acids is 1. The average molecular weight is 419 g/mol. The van der Waals surface area contributed by atoms with Crippen molar-refractivity contribution < 1.29 is 13.6 Å². The first-order chi connectivity index (χ1) is 14.0. The monoisotopic (exact) mass is 419 g/mol. The van der Waals surface area contributed by atoms with Crippen LogP contribution in [0.15, 0.2) is 34.2 Å². The van der Waals surface area contributed by atoms with E-state index in [0.29, 0.717) is 23.3 Å². The number of nitrogens with one attached hydrogen (secondary N) is 1. The third-order valence-electron chi connectivity index (χ3n) is 5.75. The van der Waals surface area contributed by atoms with Crippen molar-refractivity contribution in [1.29, 1.82) is 0 Å². The van der Waals surface area contributed by atoms with E-state index in [-0.39, 0.29) is 34.6 Å². The van der Waals surface area contributed by atoms with E-state index in [0.717, 1.165) is 43.6 Å². The topological polar surface area (TPSA) is 66.1 Å². The molecule has 154 valence electrons. The molecule has 1 aromatic carbocycles. The van der Waals surface area contributed by atoms with E-state index >= 15 is 0 Å². The zero-order valence-corrected chi connectivity index (χ0v) is 17.0. The summed E-state index contributed by atoms with van der Waals surface area (Å²) in [4.78, 5) is 34.0. The maximum atomic E-state index is 13.8. The van der Waals surface area contributed by atoms with Gasteiger partial charge in [-0.25, -0.2) is 13.8 Å². The van der Waals surface area contributed by atoms with E-state index in [1.54, 1.807) is 0 Å². The second-order valence-corrected chi connectivity index (χ2v) is 8.63. The molecule has 2 heterocycles. The van der Waals surface area contributed by atoms with Gasteiger partial charge in [-0.05, 0) is 31.7 Å². The molecular weight excluding hydrogens is 396 g/mol. The molecule has 3 atom stereocenters. The number of amides is 1. The molecule has 5 nitrogen and oxygen atoms in total. The minimum atomic E-state index is -0.898. The second-order valence-electron chi connectivity index (χ2n) is 7.66. The molecule has 0 spiro atoms. The molecule has 1 aromatic heterocycles. The van der Waals surface area contributed by atoms with Gasteiger partial charge in [0, 0.05) is 41.8 Å². The van der Waals surface area contributed by atoms with Gasteiger partial charge < -0.3 is 9.88 Å². The lowest BCUT2D eigenvalue weighted by molar-refractivity contribution is -0.133. The van der Waals surface area contributed by atoms with Crippen molar-refractivity contribution in [3.05, 3.63) is 57.5 Å². The van der Waals surface area contributed by atoms with Crippen LogP contribution in [-0.4, -0.2) is 33.4 Å². The molecular formula is C21H23F2N3O2S. The number of H-pyrrole nitrogens is 1. The molecule has 1 aliphatic heterocycles. The summed E-state index contributed by atoms with van der Waals surface area (Å²) < 4.78 is 27.2. The third-order valence-corrected chi connectivity index (χ3v) is 6.68. The highest BCUT2D eigenvalue weighted by atomic mass is 32.2. The van der Waals surface area contributed by atoms with Gasteiger partial charge in [0.2, 0.25) is 5.91 Å². The van der Waals surface area contributed by atoms with E-state index in [1.165, 1.54) is 18.2 Å². The van der Waals surface area contributed by atoms with E-state index in [2.05, 4.69) is 16.9 Å². The second kappa shape index (κ2) is 8.26. The number of hydrogen-bond donors (Lipinski definition) is 1. The zero-order valence-electron chi connectivity index (χ0n) is 16.2. The largest absolute Gasteiger partial charge is 0.339 e. The number of aromatic nitrogens is 2. The number of carbonyl (C=O) groups is 1. The van der Waals surface area contributed by atoms with Crippen LogP contribution in [0.5, 0.6) is 0 Å². The van der Waals surface area contributed by atoms with Crippen LogP contribution >= 0.6 is 11.8 Å². The van der Waals surface area contributed by atoms with Crippen molar-refractivity contribution in [2.24, 2.45) is 5.92 Å². The first-order valence-electron chi connectivity index (χ1n) is 9.95. The van der Waals surface area contributed by atoms with Crippen LogP contribution in [0.3, 0.4) is 0 Å². The Labute approximate surface area is 171 Å². The minimum absolute atomic E-state index is 0.0480. The maximum absolute atomic E-state index is 13.8. The number of nitrogens with zero attached hydrogens (tertiary/aromatic N) is 2. The van der Waals surface area contributed by atoms with Crippen LogP contribution in [-0.2, 0) is 10.5 Å². The Morgan fingerprint density at radius 1 is 1.38 bits per heavy atom. The fourth-order valence-corrected chi connectivity index (χ4v) is 4.93. The standard InChI is InChI=1S/C21H23F2N3O2S/c1-2-13-6-4-8-26(13)20(28)15-9-14(15)17-10-18(27)25-21(24-17)29-11-12-5-3-7-16(22)19(12)23/h3,5,7,10,13-15H,2,4,6,8-9,11H2,1H3,(H,24,25,27). The molecule has 1 saturated carbocycles. The van der Waals surface area contributed by atoms with Crippen molar-refractivity contribution >= 4 is 17.7 Å². The summed E-state index contributed by atoms with van der Waals surface area (Å²) in [6.45, 7) is 2.91. The number of thioether (sulfide) groups is 1. The highest BCUT2D eigenvalue weighted by molar-refractivity contribution is 7.98. The van der Waals surface area contributed by atoms with Crippen molar-refractivity contribution in [3.63, 3.8) is 0 Å². The Balaban J connectivity index is 1.45. The van der Waals surface area contributed by atoms with Gasteiger partial charge in [-0.2, -0.15) is 0 Å². The SMILES string of the molecule is CCC1CCCN1C(=O)C1CC1c1cc(=O)[nH]c(SCc2cccc(F)c2F)n1. The highest BCUT2D eigenvalue weighted by Gasteiger charge is 2.48. The van der Waals surface area contributed by atoms with Crippen LogP contribution in [0, 0.1) is 17.6 Å². The number of likely N-dealkylation sites (tertiary alicyclic amines) is 1. The van der Waals surface area contributed by atoms with E-state index < -0.39 is 11.6 Å². The van der Waals surface area contributed by atoms with Gasteiger partial charge in [-0.15, -0.1) is 0 Å². The normalized spacial score (nSPS) is 23.4.